The number of rotatable bonds is 9. The van der Waals surface area contributed by atoms with E-state index in [0.29, 0.717) is 24.6 Å². The molecule has 1 aliphatic heterocycles. The number of carboxylic acid groups (broad SMARTS) is 1. The number of hydrogen-bond donors (Lipinski definition) is 3. The van der Waals surface area contributed by atoms with Crippen LogP contribution in [-0.4, -0.2) is 48.8 Å². The molecule has 0 bridgehead atoms. The Balaban J connectivity index is 1.70. The molecule has 0 fully saturated rings. The summed E-state index contributed by atoms with van der Waals surface area (Å²) >= 11 is 0. The van der Waals surface area contributed by atoms with E-state index in [1.165, 1.54) is 0 Å². The maximum absolute atomic E-state index is 13.7. The number of aryl methyl sites for hydroxylation is 1. The lowest BCUT2D eigenvalue weighted by atomic mass is 9.89. The van der Waals surface area contributed by atoms with E-state index in [9.17, 15) is 14.1 Å². The number of anilines is 2. The quantitative estimate of drug-likeness (QED) is 0.367. The highest BCUT2D eigenvalue weighted by Gasteiger charge is 2.28. The zero-order valence-corrected chi connectivity index (χ0v) is 23.9. The fraction of sp³-hybridized carbons (Fsp3) is 0.379. The van der Waals surface area contributed by atoms with Crippen molar-refractivity contribution in [2.75, 3.05) is 30.3 Å². The number of fused-ring (bicyclic) bond motifs is 1. The predicted octanol–water partition coefficient (Wildman–Crippen LogP) is 3.99. The Morgan fingerprint density at radius 1 is 1.26 bits per heavy atom. The van der Waals surface area contributed by atoms with Crippen molar-refractivity contribution in [3.63, 3.8) is 0 Å². The summed E-state index contributed by atoms with van der Waals surface area (Å²) in [7, 11) is 0.460. The summed E-state index contributed by atoms with van der Waals surface area (Å²) in [5.74, 6) is -0.0100. The van der Waals surface area contributed by atoms with Gasteiger partial charge in [-0.25, -0.2) is 13.5 Å². The van der Waals surface area contributed by atoms with Crippen molar-refractivity contribution in [3.05, 3.63) is 76.2 Å². The molecule has 0 radical (unpaired) electrons. The molecule has 208 valence electrons. The molecule has 2 unspecified atom stereocenters. The summed E-state index contributed by atoms with van der Waals surface area (Å²) in [4.78, 5) is 19.4. The lowest BCUT2D eigenvalue weighted by Gasteiger charge is -2.23. The average molecular weight is 551 g/mol. The van der Waals surface area contributed by atoms with Crippen molar-refractivity contribution in [1.82, 2.24) is 13.9 Å². The fourth-order valence-electron chi connectivity index (χ4n) is 5.14. The van der Waals surface area contributed by atoms with Gasteiger partial charge in [0.1, 0.15) is 22.6 Å². The molecule has 0 spiro atoms. The number of nitrogen functional groups attached to an aromatic ring is 1. The Bertz CT molecular complexity index is 1410. The molecule has 3 aromatic rings. The zero-order valence-electron chi connectivity index (χ0n) is 23.1. The zero-order chi connectivity index (χ0) is 28.3. The van der Waals surface area contributed by atoms with Crippen LogP contribution in [0.25, 0.3) is 6.08 Å². The van der Waals surface area contributed by atoms with E-state index in [1.54, 1.807) is 19.2 Å². The molecule has 4 rings (SSSR count). The molecular weight excluding hydrogens is 512 g/mol. The first kappa shape index (κ1) is 28.4. The molecule has 2 aromatic heterocycles. The van der Waals surface area contributed by atoms with Crippen LogP contribution in [0.15, 0.2) is 53.2 Å². The first-order valence-corrected chi connectivity index (χ1v) is 14.3. The number of hydrogen-bond acceptors (Lipinski definition) is 6. The van der Waals surface area contributed by atoms with Gasteiger partial charge in [0, 0.05) is 62.3 Å². The Morgan fingerprint density at radius 2 is 2.03 bits per heavy atom. The van der Waals surface area contributed by atoms with Crippen molar-refractivity contribution in [2.45, 2.75) is 51.0 Å². The van der Waals surface area contributed by atoms with E-state index < -0.39 is 22.9 Å². The second-order valence-electron chi connectivity index (χ2n) is 10.1. The van der Waals surface area contributed by atoms with Crippen molar-refractivity contribution >= 4 is 34.7 Å². The number of aromatic nitrogens is 2. The monoisotopic (exact) mass is 550 g/mol. The van der Waals surface area contributed by atoms with Gasteiger partial charge in [0.25, 0.3) is 0 Å². The molecule has 3 heterocycles. The number of allylic oxidation sites excluding steroid dienone is 1. The minimum Gasteiger partial charge on any atom is -0.481 e. The molecule has 0 saturated heterocycles. The Morgan fingerprint density at radius 3 is 2.72 bits per heavy atom. The number of carboxylic acids is 1. The molecule has 9 nitrogen and oxygen atoms in total. The molecule has 1 aromatic carbocycles. The summed E-state index contributed by atoms with van der Waals surface area (Å²) in [6.07, 6.45) is 4.42. The molecule has 5 N–H and O–H groups in total. The summed E-state index contributed by atoms with van der Waals surface area (Å²) in [5.41, 5.74) is 17.3. The van der Waals surface area contributed by atoms with E-state index in [1.807, 2.05) is 59.2 Å². The summed E-state index contributed by atoms with van der Waals surface area (Å²) in [6.45, 7) is 8.60. The minimum absolute atomic E-state index is 0.0920. The molecule has 39 heavy (non-hydrogen) atoms. The number of carbonyl (C=O) groups is 1. The highest BCUT2D eigenvalue weighted by atomic mass is 32.2. The maximum Gasteiger partial charge on any atom is 0.304 e. The number of benzene rings is 1. The molecule has 0 amide bonds. The van der Waals surface area contributed by atoms with Gasteiger partial charge in [0.05, 0.1) is 11.3 Å². The van der Waals surface area contributed by atoms with Crippen LogP contribution >= 0.6 is 0 Å². The van der Waals surface area contributed by atoms with Crippen molar-refractivity contribution in [1.29, 1.82) is 0 Å². The highest BCUT2D eigenvalue weighted by Crippen LogP contribution is 2.34. The highest BCUT2D eigenvalue weighted by molar-refractivity contribution is 7.82. The second kappa shape index (κ2) is 12.0. The van der Waals surface area contributed by atoms with E-state index >= 15 is 0 Å². The van der Waals surface area contributed by atoms with Gasteiger partial charge in [-0.1, -0.05) is 25.1 Å². The summed E-state index contributed by atoms with van der Waals surface area (Å²) in [5, 5.41) is 9.80. The predicted molar refractivity (Wildman–Crippen MR) is 156 cm³/mol. The molecule has 0 aliphatic carbocycles. The van der Waals surface area contributed by atoms with Crippen LogP contribution in [0, 0.1) is 6.92 Å². The average Bonchev–Trinajstić information content (AvgIpc) is 3.09. The number of pyridine rings is 1. The summed E-state index contributed by atoms with van der Waals surface area (Å²) in [6, 6.07) is 11.7. The topological polar surface area (TPSA) is 131 Å². The number of aliphatic carboxylic acids is 1. The van der Waals surface area contributed by atoms with Gasteiger partial charge in [0.2, 0.25) is 0 Å². The molecule has 0 saturated carbocycles. The van der Waals surface area contributed by atoms with Crippen molar-refractivity contribution < 1.29 is 14.1 Å². The van der Waals surface area contributed by atoms with Gasteiger partial charge in [0.15, 0.2) is 0 Å². The van der Waals surface area contributed by atoms with Gasteiger partial charge in [-0.05, 0) is 61.2 Å². The molecule has 10 heteroatoms. The van der Waals surface area contributed by atoms with E-state index in [-0.39, 0.29) is 6.42 Å². The first-order valence-electron chi connectivity index (χ1n) is 13.2. The standard InChI is InChI=1S/C29H38N6O3S/c1-5-11-34-12-13-35(39(38)26-7-6-10-32-29(26)34)18-23-15-21(9-8-19(23)2)24(17-27(36)37)25-16-22(14-20(3)30)28(31)33(25)4/h6-10,14-16,24H,5,11-13,17-18,30-31H2,1-4H3,(H,36,37)/b20-14-. The first-order chi connectivity index (χ1) is 18.6. The smallest absolute Gasteiger partial charge is 0.304 e. The lowest BCUT2D eigenvalue weighted by molar-refractivity contribution is -0.137. The van der Waals surface area contributed by atoms with Crippen LogP contribution in [0.3, 0.4) is 0 Å². The SMILES string of the molecule is CCCN1CCN(Cc2cc(C(CC(=O)O)c3cc(/C=C(/C)N)c(N)n3C)ccc2C)S(=O)c2cccnc21. The Labute approximate surface area is 232 Å². The number of nitrogens with zero attached hydrogens (tertiary/aromatic N) is 4. The lowest BCUT2D eigenvalue weighted by Crippen LogP contribution is -2.33. The second-order valence-corrected chi connectivity index (χ2v) is 11.6. The van der Waals surface area contributed by atoms with E-state index in [0.717, 1.165) is 58.2 Å². The minimum atomic E-state index is -1.38. The fourth-order valence-corrected chi connectivity index (χ4v) is 6.45. The van der Waals surface area contributed by atoms with Crippen molar-refractivity contribution in [2.24, 2.45) is 12.8 Å². The normalized spacial score (nSPS) is 17.1. The van der Waals surface area contributed by atoms with Gasteiger partial charge < -0.3 is 26.0 Å². The maximum atomic E-state index is 13.7. The Kier molecular flexibility index (Phi) is 8.76. The molecular formula is C29H38N6O3S. The number of nitrogens with two attached hydrogens (primary N) is 2. The van der Waals surface area contributed by atoms with Crippen LogP contribution in [0.5, 0.6) is 0 Å². The Hall–Kier alpha value is -3.63. The van der Waals surface area contributed by atoms with E-state index in [2.05, 4.69) is 16.8 Å². The van der Waals surface area contributed by atoms with Gasteiger partial charge in [-0.3, -0.25) is 4.79 Å². The van der Waals surface area contributed by atoms with Crippen LogP contribution < -0.4 is 16.4 Å². The third-order valence-corrected chi connectivity index (χ3v) is 8.65. The van der Waals surface area contributed by atoms with E-state index in [4.69, 9.17) is 11.5 Å². The summed E-state index contributed by atoms with van der Waals surface area (Å²) < 4.78 is 17.5. The van der Waals surface area contributed by atoms with Crippen LogP contribution in [0.4, 0.5) is 11.6 Å². The molecule has 2 atom stereocenters. The van der Waals surface area contributed by atoms with Gasteiger partial charge in [-0.2, -0.15) is 0 Å². The van der Waals surface area contributed by atoms with Gasteiger partial charge >= 0.3 is 5.97 Å². The van der Waals surface area contributed by atoms with Crippen LogP contribution in [-0.2, 0) is 29.4 Å². The third kappa shape index (κ3) is 6.17. The molecule has 1 aliphatic rings. The third-order valence-electron chi connectivity index (χ3n) is 7.17. The van der Waals surface area contributed by atoms with Gasteiger partial charge in [-0.15, -0.1) is 0 Å². The largest absolute Gasteiger partial charge is 0.481 e. The van der Waals surface area contributed by atoms with Crippen LogP contribution in [0.1, 0.15) is 60.6 Å². The van der Waals surface area contributed by atoms with Crippen LogP contribution in [0.2, 0.25) is 0 Å². The van der Waals surface area contributed by atoms with Crippen molar-refractivity contribution in [3.8, 4) is 0 Å².